The van der Waals surface area contributed by atoms with Crippen LogP contribution in [0.2, 0.25) is 0 Å². The van der Waals surface area contributed by atoms with Gasteiger partial charge in [0.2, 0.25) is 10.0 Å². The molecule has 29 heavy (non-hydrogen) atoms. The third-order valence-corrected chi connectivity index (χ3v) is 5.93. The first-order valence-corrected chi connectivity index (χ1v) is 10.3. The molecule has 7 nitrogen and oxygen atoms in total. The molecule has 1 atom stereocenters. The molecule has 0 aliphatic rings. The maximum absolute atomic E-state index is 13.3. The van der Waals surface area contributed by atoms with Crippen LogP contribution in [-0.4, -0.2) is 23.2 Å². The second-order valence-corrected chi connectivity index (χ2v) is 8.08. The third-order valence-electron chi connectivity index (χ3n) is 4.23. The topological polar surface area (TPSA) is 86.1 Å². The number of benzene rings is 2. The molecule has 1 N–H and O–H groups in total. The van der Waals surface area contributed by atoms with Gasteiger partial charge in [-0.15, -0.1) is 5.10 Å². The molecule has 0 saturated heterocycles. The molecule has 0 bridgehead atoms. The van der Waals surface area contributed by atoms with Crippen molar-refractivity contribution in [3.8, 4) is 11.8 Å². The maximum atomic E-state index is 13.3. The zero-order valence-corrected chi connectivity index (χ0v) is 16.9. The summed E-state index contributed by atoms with van der Waals surface area (Å²) in [5, 5.41) is 8.01. The zero-order chi connectivity index (χ0) is 21.2. The summed E-state index contributed by atoms with van der Waals surface area (Å²) < 4.78 is 61.6. The lowest BCUT2D eigenvalue weighted by molar-refractivity contribution is 0.407. The Balaban J connectivity index is 1.84. The Bertz CT molecular complexity index is 1110. The highest BCUT2D eigenvalue weighted by Gasteiger charge is 2.25. The van der Waals surface area contributed by atoms with E-state index in [1.54, 1.807) is 11.5 Å². The predicted molar refractivity (Wildman–Crippen MR) is 102 cm³/mol. The molecule has 1 heterocycles. The van der Waals surface area contributed by atoms with Crippen LogP contribution < -0.4 is 9.46 Å². The van der Waals surface area contributed by atoms with Crippen LogP contribution in [0.4, 0.5) is 8.78 Å². The lowest BCUT2D eigenvalue weighted by Gasteiger charge is -2.16. The molecule has 2 aromatic carbocycles. The van der Waals surface area contributed by atoms with Gasteiger partial charge in [-0.05, 0) is 68.8 Å². The number of aryl methyl sites for hydroxylation is 1. The van der Waals surface area contributed by atoms with Gasteiger partial charge in [0.1, 0.15) is 17.4 Å². The SMILES string of the molecule is CCn1c(Oc2ccc(F)cc2)nnc1[C@@H](C)NS(=O)(=O)c1ccc(F)cc1C. The number of hydrogen-bond acceptors (Lipinski definition) is 5. The highest BCUT2D eigenvalue weighted by molar-refractivity contribution is 7.89. The van der Waals surface area contributed by atoms with Crippen molar-refractivity contribution in [1.82, 2.24) is 19.5 Å². The normalized spacial score (nSPS) is 12.7. The van der Waals surface area contributed by atoms with Crippen molar-refractivity contribution in [1.29, 1.82) is 0 Å². The number of sulfonamides is 1. The molecule has 0 fully saturated rings. The van der Waals surface area contributed by atoms with E-state index in [-0.39, 0.29) is 10.9 Å². The van der Waals surface area contributed by atoms with Crippen LogP contribution in [0, 0.1) is 18.6 Å². The van der Waals surface area contributed by atoms with Gasteiger partial charge in [0.05, 0.1) is 10.9 Å². The molecule has 0 amide bonds. The fourth-order valence-corrected chi connectivity index (χ4v) is 4.29. The lowest BCUT2D eigenvalue weighted by Crippen LogP contribution is -2.29. The lowest BCUT2D eigenvalue weighted by atomic mass is 10.2. The van der Waals surface area contributed by atoms with Crippen LogP contribution in [0.1, 0.15) is 31.3 Å². The van der Waals surface area contributed by atoms with Gasteiger partial charge >= 0.3 is 6.01 Å². The second-order valence-electron chi connectivity index (χ2n) is 6.39. The summed E-state index contributed by atoms with van der Waals surface area (Å²) in [6.07, 6.45) is 0. The van der Waals surface area contributed by atoms with E-state index >= 15 is 0 Å². The van der Waals surface area contributed by atoms with Crippen LogP contribution in [0.15, 0.2) is 47.4 Å². The van der Waals surface area contributed by atoms with E-state index in [1.807, 2.05) is 6.92 Å². The second kappa shape index (κ2) is 8.26. The van der Waals surface area contributed by atoms with Crippen LogP contribution in [0.3, 0.4) is 0 Å². The molecule has 3 rings (SSSR count). The van der Waals surface area contributed by atoms with Gasteiger partial charge in [0.15, 0.2) is 5.82 Å². The summed E-state index contributed by atoms with van der Waals surface area (Å²) in [6.45, 7) is 5.38. The number of ether oxygens (including phenoxy) is 1. The van der Waals surface area contributed by atoms with Gasteiger partial charge in [0.25, 0.3) is 0 Å². The van der Waals surface area contributed by atoms with Crippen LogP contribution in [0.25, 0.3) is 0 Å². The van der Waals surface area contributed by atoms with Crippen molar-refractivity contribution in [2.75, 3.05) is 0 Å². The standard InChI is InChI=1S/C19H20F2N4O3S/c1-4-25-18(22-23-19(25)28-16-8-5-14(20)6-9-16)13(3)24-29(26,27)17-10-7-15(21)11-12(17)2/h5-11,13,24H,4H2,1-3H3/t13-/m1/s1. The first kappa shape index (κ1) is 20.9. The van der Waals surface area contributed by atoms with Crippen molar-refractivity contribution in [3.05, 3.63) is 65.5 Å². The average molecular weight is 422 g/mol. The minimum absolute atomic E-state index is 0.0175. The van der Waals surface area contributed by atoms with E-state index < -0.39 is 27.7 Å². The van der Waals surface area contributed by atoms with Crippen LogP contribution in [0.5, 0.6) is 11.8 Å². The molecule has 10 heteroatoms. The summed E-state index contributed by atoms with van der Waals surface area (Å²) in [5.41, 5.74) is 0.294. The van der Waals surface area contributed by atoms with Gasteiger partial charge in [0, 0.05) is 6.54 Å². The fraction of sp³-hybridized carbons (Fsp3) is 0.263. The largest absolute Gasteiger partial charge is 0.424 e. The molecule has 0 unspecified atom stereocenters. The number of nitrogens with one attached hydrogen (secondary N) is 1. The van der Waals surface area contributed by atoms with Crippen molar-refractivity contribution in [2.24, 2.45) is 0 Å². The minimum Gasteiger partial charge on any atom is -0.424 e. The quantitative estimate of drug-likeness (QED) is 0.627. The summed E-state index contributed by atoms with van der Waals surface area (Å²) >= 11 is 0. The highest BCUT2D eigenvalue weighted by atomic mass is 32.2. The van der Waals surface area contributed by atoms with Crippen LogP contribution in [-0.2, 0) is 16.6 Å². The Morgan fingerprint density at radius 3 is 2.38 bits per heavy atom. The van der Waals surface area contributed by atoms with E-state index in [0.29, 0.717) is 23.7 Å². The number of halogens is 2. The highest BCUT2D eigenvalue weighted by Crippen LogP contribution is 2.25. The number of rotatable bonds is 7. The average Bonchev–Trinajstić information content (AvgIpc) is 3.05. The molecule has 3 aromatic rings. The molecule has 0 aliphatic heterocycles. The summed E-state index contributed by atoms with van der Waals surface area (Å²) in [5.74, 6) is -0.194. The van der Waals surface area contributed by atoms with Gasteiger partial charge in [-0.2, -0.15) is 0 Å². The Morgan fingerprint density at radius 2 is 1.76 bits per heavy atom. The Morgan fingerprint density at radius 1 is 1.10 bits per heavy atom. The molecular formula is C19H20F2N4O3S. The van der Waals surface area contributed by atoms with Gasteiger partial charge in [-0.25, -0.2) is 21.9 Å². The van der Waals surface area contributed by atoms with Crippen molar-refractivity contribution < 1.29 is 21.9 Å². The third kappa shape index (κ3) is 4.60. The zero-order valence-electron chi connectivity index (χ0n) is 16.1. The molecule has 0 aliphatic carbocycles. The molecule has 0 saturated carbocycles. The summed E-state index contributed by atoms with van der Waals surface area (Å²) in [4.78, 5) is -0.0175. The summed E-state index contributed by atoms with van der Waals surface area (Å²) in [7, 11) is -3.91. The molecule has 0 spiro atoms. The molecule has 0 radical (unpaired) electrons. The van der Waals surface area contributed by atoms with E-state index in [0.717, 1.165) is 12.1 Å². The van der Waals surface area contributed by atoms with Gasteiger partial charge in [-0.3, -0.25) is 4.57 Å². The van der Waals surface area contributed by atoms with E-state index in [1.165, 1.54) is 37.3 Å². The Kier molecular flexibility index (Phi) is 5.94. The predicted octanol–water partition coefficient (Wildman–Crippen LogP) is 3.72. The van der Waals surface area contributed by atoms with E-state index in [9.17, 15) is 17.2 Å². The maximum Gasteiger partial charge on any atom is 0.322 e. The molecule has 154 valence electrons. The van der Waals surface area contributed by atoms with E-state index in [2.05, 4.69) is 14.9 Å². The van der Waals surface area contributed by atoms with Gasteiger partial charge < -0.3 is 4.74 Å². The first-order valence-electron chi connectivity index (χ1n) is 8.86. The Hall–Kier alpha value is -2.85. The minimum atomic E-state index is -3.91. The molecule has 1 aromatic heterocycles. The number of hydrogen-bond donors (Lipinski definition) is 1. The van der Waals surface area contributed by atoms with E-state index in [4.69, 9.17) is 4.74 Å². The first-order chi connectivity index (χ1) is 13.7. The van der Waals surface area contributed by atoms with Gasteiger partial charge in [-0.1, -0.05) is 5.10 Å². The summed E-state index contributed by atoms with van der Waals surface area (Å²) in [6, 6.07) is 8.29. The van der Waals surface area contributed by atoms with Crippen molar-refractivity contribution >= 4 is 10.0 Å². The monoisotopic (exact) mass is 422 g/mol. The van der Waals surface area contributed by atoms with Crippen molar-refractivity contribution in [3.63, 3.8) is 0 Å². The fourth-order valence-electron chi connectivity index (χ4n) is 2.86. The number of nitrogens with zero attached hydrogens (tertiary/aromatic N) is 3. The van der Waals surface area contributed by atoms with Crippen LogP contribution >= 0.6 is 0 Å². The Labute approximate surface area is 167 Å². The van der Waals surface area contributed by atoms with Crippen molar-refractivity contribution in [2.45, 2.75) is 38.3 Å². The molecular weight excluding hydrogens is 402 g/mol. The smallest absolute Gasteiger partial charge is 0.322 e. The number of aromatic nitrogens is 3.